The van der Waals surface area contributed by atoms with Crippen molar-refractivity contribution in [3.63, 3.8) is 0 Å². The lowest BCUT2D eigenvalue weighted by molar-refractivity contribution is 0.277. The van der Waals surface area contributed by atoms with Gasteiger partial charge in [-0.1, -0.05) is 18.2 Å². The molecular formula is C12H17NOS. The van der Waals surface area contributed by atoms with Gasteiger partial charge in [-0.2, -0.15) is 0 Å². The summed E-state index contributed by atoms with van der Waals surface area (Å²) in [7, 11) is 0. The molecule has 15 heavy (non-hydrogen) atoms. The van der Waals surface area contributed by atoms with Gasteiger partial charge in [0.05, 0.1) is 6.61 Å². The number of benzene rings is 1. The second-order valence-corrected chi connectivity index (χ2v) is 5.38. The molecule has 1 aromatic carbocycles. The molecule has 2 nitrogen and oxygen atoms in total. The average molecular weight is 223 g/mol. The first-order valence-electron chi connectivity index (χ1n) is 5.39. The smallest absolute Gasteiger partial charge is 0.0568 e. The highest BCUT2D eigenvalue weighted by atomic mass is 32.2. The Morgan fingerprint density at radius 3 is 2.53 bits per heavy atom. The van der Waals surface area contributed by atoms with Crippen LogP contribution in [-0.4, -0.2) is 23.0 Å². The molecule has 1 aliphatic rings. The number of aliphatic hydroxyl groups excluding tert-OH is 1. The van der Waals surface area contributed by atoms with Crippen LogP contribution in [-0.2, 0) is 0 Å². The number of hydrogen-bond donors (Lipinski definition) is 2. The predicted octanol–water partition coefficient (Wildman–Crippen LogP) is 1.88. The minimum Gasteiger partial charge on any atom is -0.395 e. The van der Waals surface area contributed by atoms with E-state index in [-0.39, 0.29) is 17.9 Å². The van der Waals surface area contributed by atoms with E-state index in [1.807, 2.05) is 18.2 Å². The van der Waals surface area contributed by atoms with Crippen LogP contribution in [0.15, 0.2) is 35.2 Å². The van der Waals surface area contributed by atoms with Crippen molar-refractivity contribution in [1.29, 1.82) is 0 Å². The van der Waals surface area contributed by atoms with Crippen molar-refractivity contribution < 1.29 is 5.11 Å². The Labute approximate surface area is 94.9 Å². The summed E-state index contributed by atoms with van der Waals surface area (Å²) in [4.78, 5) is 1.19. The van der Waals surface area contributed by atoms with E-state index in [2.05, 4.69) is 12.1 Å². The highest BCUT2D eigenvalue weighted by Gasteiger charge is 2.33. The molecule has 2 atom stereocenters. The number of aliphatic hydroxyl groups is 1. The Morgan fingerprint density at radius 2 is 2.00 bits per heavy atom. The maximum absolute atomic E-state index is 9.33. The van der Waals surface area contributed by atoms with E-state index in [1.165, 1.54) is 17.7 Å². The van der Waals surface area contributed by atoms with Crippen LogP contribution in [0.4, 0.5) is 0 Å². The molecule has 0 aromatic heterocycles. The molecule has 3 heteroatoms. The van der Waals surface area contributed by atoms with Gasteiger partial charge in [0.1, 0.15) is 0 Å². The second kappa shape index (κ2) is 5.01. The summed E-state index contributed by atoms with van der Waals surface area (Å²) >= 11 is 1.69. The van der Waals surface area contributed by atoms with E-state index in [9.17, 15) is 5.11 Å². The Morgan fingerprint density at radius 1 is 1.33 bits per heavy atom. The topological polar surface area (TPSA) is 46.2 Å². The third-order valence-corrected chi connectivity index (χ3v) is 4.12. The number of thioether (sulfide) groups is 1. The molecule has 0 saturated heterocycles. The monoisotopic (exact) mass is 223 g/mol. The van der Waals surface area contributed by atoms with Gasteiger partial charge in [-0.25, -0.2) is 0 Å². The fourth-order valence-electron chi connectivity index (χ4n) is 1.70. The van der Waals surface area contributed by atoms with Gasteiger partial charge in [-0.3, -0.25) is 0 Å². The fourth-order valence-corrected chi connectivity index (χ4v) is 2.81. The summed E-state index contributed by atoms with van der Waals surface area (Å²) < 4.78 is 0. The first kappa shape index (κ1) is 11.0. The lowest BCUT2D eigenvalue weighted by atomic mass is 10.1. The van der Waals surface area contributed by atoms with E-state index >= 15 is 0 Å². The zero-order valence-electron chi connectivity index (χ0n) is 8.67. The second-order valence-electron chi connectivity index (χ2n) is 4.07. The van der Waals surface area contributed by atoms with E-state index in [0.29, 0.717) is 5.92 Å². The van der Waals surface area contributed by atoms with E-state index < -0.39 is 0 Å². The summed E-state index contributed by atoms with van der Waals surface area (Å²) in [5.41, 5.74) is 6.10. The van der Waals surface area contributed by atoms with Crippen LogP contribution in [0, 0.1) is 5.92 Å². The van der Waals surface area contributed by atoms with Crippen molar-refractivity contribution >= 4 is 11.8 Å². The van der Waals surface area contributed by atoms with Gasteiger partial charge in [0.15, 0.2) is 0 Å². The quantitative estimate of drug-likeness (QED) is 0.749. The normalized spacial score (nSPS) is 19.9. The van der Waals surface area contributed by atoms with Crippen molar-refractivity contribution in [3.8, 4) is 0 Å². The van der Waals surface area contributed by atoms with Gasteiger partial charge < -0.3 is 10.8 Å². The van der Waals surface area contributed by atoms with Crippen molar-refractivity contribution in [2.24, 2.45) is 11.7 Å². The fraction of sp³-hybridized carbons (Fsp3) is 0.500. The molecule has 2 rings (SSSR count). The van der Waals surface area contributed by atoms with Gasteiger partial charge in [0, 0.05) is 16.2 Å². The zero-order valence-corrected chi connectivity index (χ0v) is 9.49. The Balaban J connectivity index is 1.95. The van der Waals surface area contributed by atoms with Crippen LogP contribution >= 0.6 is 11.8 Å². The molecule has 0 radical (unpaired) electrons. The maximum Gasteiger partial charge on any atom is 0.0568 e. The average Bonchev–Trinajstić information content (AvgIpc) is 3.10. The maximum atomic E-state index is 9.33. The summed E-state index contributed by atoms with van der Waals surface area (Å²) in [6, 6.07) is 10.3. The Hall–Kier alpha value is -0.510. The SMILES string of the molecule is NC(C1CC1)C(CO)Sc1ccccc1. The highest BCUT2D eigenvalue weighted by molar-refractivity contribution is 8.00. The van der Waals surface area contributed by atoms with Crippen molar-refractivity contribution in [3.05, 3.63) is 30.3 Å². The highest BCUT2D eigenvalue weighted by Crippen LogP contribution is 2.37. The first-order chi connectivity index (χ1) is 7.31. The molecule has 0 amide bonds. The Bertz CT molecular complexity index is 300. The lowest BCUT2D eigenvalue weighted by Gasteiger charge is -2.21. The third-order valence-electron chi connectivity index (χ3n) is 2.81. The standard InChI is InChI=1S/C12H17NOS/c13-12(9-6-7-9)11(8-14)15-10-4-2-1-3-5-10/h1-5,9,11-12,14H,6-8,13H2. The van der Waals surface area contributed by atoms with Crippen LogP contribution < -0.4 is 5.73 Å². The molecule has 0 bridgehead atoms. The van der Waals surface area contributed by atoms with E-state index in [0.717, 1.165) is 0 Å². The van der Waals surface area contributed by atoms with Crippen LogP contribution in [0.3, 0.4) is 0 Å². The molecule has 0 spiro atoms. The largest absolute Gasteiger partial charge is 0.395 e. The molecular weight excluding hydrogens is 206 g/mol. The number of hydrogen-bond acceptors (Lipinski definition) is 3. The van der Waals surface area contributed by atoms with Crippen molar-refractivity contribution in [2.75, 3.05) is 6.61 Å². The Kier molecular flexibility index (Phi) is 3.67. The molecule has 3 N–H and O–H groups in total. The molecule has 1 aromatic rings. The summed E-state index contributed by atoms with van der Waals surface area (Å²) in [5.74, 6) is 0.637. The van der Waals surface area contributed by atoms with Gasteiger partial charge in [-0.05, 0) is 30.9 Å². The number of rotatable bonds is 5. The third kappa shape index (κ3) is 2.97. The minimum atomic E-state index is 0.139. The summed E-state index contributed by atoms with van der Waals surface area (Å²) in [6.45, 7) is 0.164. The molecule has 2 unspecified atom stereocenters. The molecule has 1 saturated carbocycles. The van der Waals surface area contributed by atoms with Gasteiger partial charge >= 0.3 is 0 Å². The molecule has 0 heterocycles. The molecule has 82 valence electrons. The van der Waals surface area contributed by atoms with E-state index in [1.54, 1.807) is 11.8 Å². The first-order valence-corrected chi connectivity index (χ1v) is 6.27. The minimum absolute atomic E-state index is 0.139. The van der Waals surface area contributed by atoms with Gasteiger partial charge in [0.25, 0.3) is 0 Å². The number of nitrogens with two attached hydrogens (primary N) is 1. The molecule has 0 aliphatic heterocycles. The zero-order chi connectivity index (χ0) is 10.7. The lowest BCUT2D eigenvalue weighted by Crippen LogP contribution is -2.36. The summed E-state index contributed by atoms with van der Waals surface area (Å²) in [6.07, 6.45) is 2.46. The van der Waals surface area contributed by atoms with E-state index in [4.69, 9.17) is 5.73 Å². The molecule has 1 fully saturated rings. The van der Waals surface area contributed by atoms with Crippen molar-refractivity contribution in [2.45, 2.75) is 29.0 Å². The van der Waals surface area contributed by atoms with Gasteiger partial charge in [0.2, 0.25) is 0 Å². The van der Waals surface area contributed by atoms with Crippen LogP contribution in [0.2, 0.25) is 0 Å². The van der Waals surface area contributed by atoms with Crippen LogP contribution in [0.25, 0.3) is 0 Å². The summed E-state index contributed by atoms with van der Waals surface area (Å²) in [5, 5.41) is 9.47. The van der Waals surface area contributed by atoms with Crippen LogP contribution in [0.5, 0.6) is 0 Å². The van der Waals surface area contributed by atoms with Crippen molar-refractivity contribution in [1.82, 2.24) is 0 Å². The van der Waals surface area contributed by atoms with Gasteiger partial charge in [-0.15, -0.1) is 11.8 Å². The van der Waals surface area contributed by atoms with Crippen LogP contribution in [0.1, 0.15) is 12.8 Å². The predicted molar refractivity (Wildman–Crippen MR) is 63.9 cm³/mol. The molecule has 1 aliphatic carbocycles.